The van der Waals surface area contributed by atoms with E-state index >= 15 is 0 Å². The number of hydrogen-bond acceptors (Lipinski definition) is 6. The van der Waals surface area contributed by atoms with Crippen molar-refractivity contribution in [3.8, 4) is 0 Å². The zero-order valence-corrected chi connectivity index (χ0v) is 14.7. The number of amides is 1. The third-order valence-electron chi connectivity index (χ3n) is 3.50. The van der Waals surface area contributed by atoms with Gasteiger partial charge in [-0.05, 0) is 48.9 Å². The SMILES string of the molecule is Cc1cc(NS(=O)(=O)c2ccc(C(=O)NCc3ccncc3)cc2)no1. The Kier molecular flexibility index (Phi) is 4.99. The van der Waals surface area contributed by atoms with Crippen LogP contribution in [0.25, 0.3) is 0 Å². The number of aryl methyl sites for hydroxylation is 1. The van der Waals surface area contributed by atoms with Crippen molar-refractivity contribution in [2.75, 3.05) is 4.72 Å². The van der Waals surface area contributed by atoms with Gasteiger partial charge in [-0.2, -0.15) is 0 Å². The first kappa shape index (κ1) is 17.6. The molecule has 9 heteroatoms. The molecule has 3 aromatic rings. The summed E-state index contributed by atoms with van der Waals surface area (Å²) in [7, 11) is -3.81. The third-order valence-corrected chi connectivity index (χ3v) is 4.87. The number of aromatic nitrogens is 2. The van der Waals surface area contributed by atoms with E-state index in [9.17, 15) is 13.2 Å². The van der Waals surface area contributed by atoms with Crippen LogP contribution in [0.15, 0.2) is 64.3 Å². The Hall–Kier alpha value is -3.20. The average molecular weight is 372 g/mol. The Morgan fingerprint density at radius 1 is 1.12 bits per heavy atom. The van der Waals surface area contributed by atoms with Crippen molar-refractivity contribution in [3.63, 3.8) is 0 Å². The summed E-state index contributed by atoms with van der Waals surface area (Å²) in [5.41, 5.74) is 1.27. The molecule has 0 aliphatic rings. The van der Waals surface area contributed by atoms with Gasteiger partial charge < -0.3 is 9.84 Å². The first-order valence-electron chi connectivity index (χ1n) is 7.67. The largest absolute Gasteiger partial charge is 0.360 e. The number of hydrogen-bond donors (Lipinski definition) is 2. The van der Waals surface area contributed by atoms with E-state index in [-0.39, 0.29) is 16.6 Å². The van der Waals surface area contributed by atoms with Gasteiger partial charge in [0.05, 0.1) is 4.90 Å². The van der Waals surface area contributed by atoms with E-state index < -0.39 is 10.0 Å². The lowest BCUT2D eigenvalue weighted by Gasteiger charge is -2.07. The molecule has 26 heavy (non-hydrogen) atoms. The molecule has 3 rings (SSSR count). The molecule has 8 nitrogen and oxygen atoms in total. The van der Waals surface area contributed by atoms with Crippen molar-refractivity contribution >= 4 is 21.7 Å². The molecule has 1 amide bonds. The summed E-state index contributed by atoms with van der Waals surface area (Å²) in [6.45, 7) is 2.01. The maximum atomic E-state index is 12.3. The van der Waals surface area contributed by atoms with E-state index in [0.29, 0.717) is 17.9 Å². The Labute approximate surface area is 150 Å². The minimum atomic E-state index is -3.81. The van der Waals surface area contributed by atoms with Crippen LogP contribution in [-0.4, -0.2) is 24.5 Å². The summed E-state index contributed by atoms with van der Waals surface area (Å²) in [4.78, 5) is 16.1. The molecule has 2 heterocycles. The van der Waals surface area contributed by atoms with E-state index in [2.05, 4.69) is 20.2 Å². The highest BCUT2D eigenvalue weighted by Crippen LogP contribution is 2.16. The highest BCUT2D eigenvalue weighted by Gasteiger charge is 2.17. The number of carbonyl (C=O) groups is 1. The molecular formula is C17H16N4O4S. The molecule has 0 unspecified atom stereocenters. The predicted molar refractivity (Wildman–Crippen MR) is 93.9 cm³/mol. The highest BCUT2D eigenvalue weighted by molar-refractivity contribution is 7.92. The van der Waals surface area contributed by atoms with Crippen LogP contribution in [0.5, 0.6) is 0 Å². The molecular weight excluding hydrogens is 356 g/mol. The molecule has 2 N–H and O–H groups in total. The van der Waals surface area contributed by atoms with Gasteiger partial charge in [0.2, 0.25) is 0 Å². The Balaban J connectivity index is 1.66. The quantitative estimate of drug-likeness (QED) is 0.685. The molecule has 0 aliphatic carbocycles. The second kappa shape index (κ2) is 7.36. The molecule has 0 fully saturated rings. The molecule has 0 aliphatic heterocycles. The maximum absolute atomic E-state index is 12.3. The van der Waals surface area contributed by atoms with Crippen molar-refractivity contribution in [2.24, 2.45) is 0 Å². The number of nitrogens with zero attached hydrogens (tertiary/aromatic N) is 2. The van der Waals surface area contributed by atoms with Gasteiger partial charge in [-0.15, -0.1) is 0 Å². The van der Waals surface area contributed by atoms with Crippen LogP contribution in [0.3, 0.4) is 0 Å². The fraction of sp³-hybridized carbons (Fsp3) is 0.118. The van der Waals surface area contributed by atoms with Gasteiger partial charge in [0.15, 0.2) is 5.82 Å². The first-order valence-corrected chi connectivity index (χ1v) is 9.16. The topological polar surface area (TPSA) is 114 Å². The standard InChI is InChI=1S/C17H16N4O4S/c1-12-10-16(20-25-12)21-26(23,24)15-4-2-14(3-5-15)17(22)19-11-13-6-8-18-9-7-13/h2-10H,11H2,1H3,(H,19,22)(H,20,21). The van der Waals surface area contributed by atoms with Crippen LogP contribution >= 0.6 is 0 Å². The van der Waals surface area contributed by atoms with E-state index in [0.717, 1.165) is 5.56 Å². The molecule has 1 aromatic carbocycles. The van der Waals surface area contributed by atoms with Crippen LogP contribution < -0.4 is 10.0 Å². The van der Waals surface area contributed by atoms with Crippen molar-refractivity contribution in [3.05, 3.63) is 71.7 Å². The second-order valence-electron chi connectivity index (χ2n) is 5.49. The Morgan fingerprint density at radius 2 is 1.81 bits per heavy atom. The van der Waals surface area contributed by atoms with Gasteiger partial charge in [0.25, 0.3) is 15.9 Å². The normalized spacial score (nSPS) is 11.1. The Bertz CT molecular complexity index is 999. The van der Waals surface area contributed by atoms with Crippen molar-refractivity contribution in [1.29, 1.82) is 0 Å². The number of benzene rings is 1. The number of anilines is 1. The van der Waals surface area contributed by atoms with Gasteiger partial charge in [0.1, 0.15) is 5.76 Å². The monoisotopic (exact) mass is 372 g/mol. The summed E-state index contributed by atoms with van der Waals surface area (Å²) in [5, 5.41) is 6.35. The van der Waals surface area contributed by atoms with Crippen LogP contribution in [-0.2, 0) is 16.6 Å². The number of pyridine rings is 1. The van der Waals surface area contributed by atoms with E-state index in [1.165, 1.54) is 30.3 Å². The fourth-order valence-electron chi connectivity index (χ4n) is 2.18. The van der Waals surface area contributed by atoms with Crippen LogP contribution in [0.1, 0.15) is 21.7 Å². The molecule has 0 radical (unpaired) electrons. The number of nitrogens with one attached hydrogen (secondary N) is 2. The lowest BCUT2D eigenvalue weighted by molar-refractivity contribution is 0.0951. The minimum absolute atomic E-state index is 0.0174. The molecule has 0 atom stereocenters. The summed E-state index contributed by atoms with van der Waals surface area (Å²) in [5.74, 6) is 0.288. The lowest BCUT2D eigenvalue weighted by Crippen LogP contribution is -2.23. The second-order valence-corrected chi connectivity index (χ2v) is 7.17. The van der Waals surface area contributed by atoms with Crippen molar-refractivity contribution < 1.29 is 17.7 Å². The smallest absolute Gasteiger partial charge is 0.263 e. The maximum Gasteiger partial charge on any atom is 0.263 e. The van der Waals surface area contributed by atoms with E-state index in [1.807, 2.05) is 0 Å². The van der Waals surface area contributed by atoms with E-state index in [1.54, 1.807) is 31.5 Å². The molecule has 0 saturated heterocycles. The predicted octanol–water partition coefficient (Wildman–Crippen LogP) is 2.11. The van der Waals surface area contributed by atoms with Crippen LogP contribution in [0, 0.1) is 6.92 Å². The molecule has 0 bridgehead atoms. The van der Waals surface area contributed by atoms with Crippen molar-refractivity contribution in [1.82, 2.24) is 15.5 Å². The van der Waals surface area contributed by atoms with Gasteiger partial charge in [-0.3, -0.25) is 14.5 Å². The van der Waals surface area contributed by atoms with E-state index in [4.69, 9.17) is 4.52 Å². The Morgan fingerprint density at radius 3 is 2.42 bits per heavy atom. The molecule has 2 aromatic heterocycles. The first-order chi connectivity index (χ1) is 12.4. The van der Waals surface area contributed by atoms with Crippen LogP contribution in [0.2, 0.25) is 0 Å². The summed E-state index contributed by atoms with van der Waals surface area (Å²) in [6, 6.07) is 10.7. The number of rotatable bonds is 6. The molecule has 0 saturated carbocycles. The molecule has 0 spiro atoms. The van der Waals surface area contributed by atoms with Gasteiger partial charge >= 0.3 is 0 Å². The van der Waals surface area contributed by atoms with Crippen LogP contribution in [0.4, 0.5) is 5.82 Å². The summed E-state index contributed by atoms with van der Waals surface area (Å²) < 4.78 is 31.7. The minimum Gasteiger partial charge on any atom is -0.360 e. The third kappa shape index (κ3) is 4.25. The molecule has 134 valence electrons. The van der Waals surface area contributed by atoms with Gasteiger partial charge in [-0.25, -0.2) is 8.42 Å². The number of carbonyl (C=O) groups excluding carboxylic acids is 1. The zero-order valence-electron chi connectivity index (χ0n) is 13.8. The summed E-state index contributed by atoms with van der Waals surface area (Å²) >= 11 is 0. The number of sulfonamides is 1. The fourth-order valence-corrected chi connectivity index (χ4v) is 3.17. The van der Waals surface area contributed by atoms with Crippen molar-refractivity contribution in [2.45, 2.75) is 18.4 Å². The zero-order chi connectivity index (χ0) is 18.6. The highest BCUT2D eigenvalue weighted by atomic mass is 32.2. The summed E-state index contributed by atoms with van der Waals surface area (Å²) in [6.07, 6.45) is 3.29. The van der Waals surface area contributed by atoms with Gasteiger partial charge in [0, 0.05) is 30.6 Å². The van der Waals surface area contributed by atoms with Gasteiger partial charge in [-0.1, -0.05) is 5.16 Å². The average Bonchev–Trinajstić information content (AvgIpc) is 3.04. The lowest BCUT2D eigenvalue weighted by atomic mass is 10.2.